The Morgan fingerprint density at radius 1 is 1.22 bits per heavy atom. The number of hydrogen-bond acceptors (Lipinski definition) is 8. The summed E-state index contributed by atoms with van der Waals surface area (Å²) in [5, 5.41) is 14.8. The molecule has 0 N–H and O–H groups in total. The van der Waals surface area contributed by atoms with Gasteiger partial charge in [-0.2, -0.15) is 0 Å². The van der Waals surface area contributed by atoms with Crippen LogP contribution in [0.5, 0.6) is 11.8 Å². The van der Waals surface area contributed by atoms with E-state index in [-0.39, 0.29) is 30.6 Å². The smallest absolute Gasteiger partial charge is 0.232 e. The van der Waals surface area contributed by atoms with Gasteiger partial charge >= 0.3 is 0 Å². The molecule has 4 aromatic rings. The van der Waals surface area contributed by atoms with Crippen LogP contribution in [0, 0.1) is 0 Å². The molecular weight excluding hydrogens is 371 g/mol. The summed E-state index contributed by atoms with van der Waals surface area (Å²) in [6.07, 6.45) is 2.99. The highest BCUT2D eigenvalue weighted by Gasteiger charge is 2.50. The highest BCUT2D eigenvalue weighted by Crippen LogP contribution is 2.48. The first-order valence-electron chi connectivity index (χ1n) is 8.27. The lowest BCUT2D eigenvalue weighted by Crippen LogP contribution is -2.44. The van der Waals surface area contributed by atoms with Gasteiger partial charge in [0.05, 0.1) is 22.6 Å². The van der Waals surface area contributed by atoms with E-state index < -0.39 is 11.5 Å². The summed E-state index contributed by atoms with van der Waals surface area (Å²) >= 11 is 1.38. The molecule has 9 heteroatoms. The maximum atomic E-state index is 15.1. The molecule has 27 heavy (non-hydrogen) atoms. The van der Waals surface area contributed by atoms with E-state index in [0.29, 0.717) is 10.7 Å². The number of alkyl halides is 1. The van der Waals surface area contributed by atoms with Crippen LogP contribution in [0.2, 0.25) is 0 Å². The van der Waals surface area contributed by atoms with Gasteiger partial charge < -0.3 is 14.4 Å². The van der Waals surface area contributed by atoms with E-state index in [1.807, 2.05) is 24.3 Å². The van der Waals surface area contributed by atoms with Crippen molar-refractivity contribution < 1.29 is 18.8 Å². The molecule has 136 valence electrons. The molecule has 0 aliphatic heterocycles. The third kappa shape index (κ3) is 2.89. The van der Waals surface area contributed by atoms with Crippen LogP contribution in [0.1, 0.15) is 17.8 Å². The van der Waals surface area contributed by atoms with E-state index in [9.17, 15) is 5.11 Å². The largest absolute Gasteiger partial charge is 0.856 e. The molecule has 0 bridgehead atoms. The molecule has 7 nitrogen and oxygen atoms in total. The molecule has 1 fully saturated rings. The monoisotopic (exact) mass is 383 g/mol. The number of aromatic nitrogens is 4. The molecule has 1 aliphatic rings. The zero-order chi connectivity index (χ0) is 18.4. The van der Waals surface area contributed by atoms with E-state index in [2.05, 4.69) is 20.1 Å². The maximum absolute atomic E-state index is 15.1. The van der Waals surface area contributed by atoms with Crippen molar-refractivity contribution in [2.24, 2.45) is 0 Å². The average Bonchev–Trinajstić information content (AvgIpc) is 3.27. The molecule has 0 saturated heterocycles. The Kier molecular flexibility index (Phi) is 3.57. The predicted octanol–water partition coefficient (Wildman–Crippen LogP) is 3.22. The summed E-state index contributed by atoms with van der Waals surface area (Å²) in [5.41, 5.74) is -0.277. The fourth-order valence-corrected chi connectivity index (χ4v) is 4.11. The van der Waals surface area contributed by atoms with E-state index in [1.54, 1.807) is 0 Å². The Labute approximate surface area is 156 Å². The number of para-hydroxylation sites is 1. The Bertz CT molecular complexity index is 1070. The van der Waals surface area contributed by atoms with E-state index in [0.717, 1.165) is 10.2 Å². The molecule has 1 saturated carbocycles. The molecule has 0 unspecified atom stereocenters. The number of thiazole rings is 1. The van der Waals surface area contributed by atoms with Crippen LogP contribution in [-0.4, -0.2) is 26.2 Å². The number of halogens is 1. The van der Waals surface area contributed by atoms with E-state index in [1.165, 1.54) is 29.8 Å². The Hall–Kier alpha value is -3.07. The highest BCUT2D eigenvalue weighted by atomic mass is 32.1. The summed E-state index contributed by atoms with van der Waals surface area (Å²) in [6, 6.07) is 8.86. The standard InChI is InChI=1S/C18H13FN4O3S/c19-18(17-22-11-3-1-2-4-14(11)27-17)6-10(7-18)25-16-9-20-12(8-21-16)13-5-15(24)23-26-13/h1-5,8-10H,6-7H2,(H,23,24)/p-1. The highest BCUT2D eigenvalue weighted by molar-refractivity contribution is 7.18. The van der Waals surface area contributed by atoms with Crippen LogP contribution >= 0.6 is 11.3 Å². The Balaban J connectivity index is 1.25. The van der Waals surface area contributed by atoms with Crippen molar-refractivity contribution in [1.29, 1.82) is 0 Å². The maximum Gasteiger partial charge on any atom is 0.232 e. The van der Waals surface area contributed by atoms with Gasteiger partial charge in [0.2, 0.25) is 5.88 Å². The van der Waals surface area contributed by atoms with Gasteiger partial charge in [-0.05, 0) is 12.1 Å². The molecule has 0 atom stereocenters. The van der Waals surface area contributed by atoms with Gasteiger partial charge in [0.25, 0.3) is 0 Å². The molecule has 3 aromatic heterocycles. The quantitative estimate of drug-likeness (QED) is 0.534. The van der Waals surface area contributed by atoms with Gasteiger partial charge in [0, 0.05) is 24.8 Å². The minimum Gasteiger partial charge on any atom is -0.856 e. The van der Waals surface area contributed by atoms with Crippen molar-refractivity contribution >= 4 is 21.6 Å². The van der Waals surface area contributed by atoms with Crippen LogP contribution in [0.4, 0.5) is 4.39 Å². The van der Waals surface area contributed by atoms with Gasteiger partial charge in [0.1, 0.15) is 16.8 Å². The zero-order valence-electron chi connectivity index (χ0n) is 13.8. The van der Waals surface area contributed by atoms with Crippen LogP contribution in [0.3, 0.4) is 0 Å². The summed E-state index contributed by atoms with van der Waals surface area (Å²) < 4.78 is 26.6. The predicted molar refractivity (Wildman–Crippen MR) is 93.0 cm³/mol. The lowest BCUT2D eigenvalue weighted by Gasteiger charge is -2.39. The van der Waals surface area contributed by atoms with Gasteiger partial charge in [-0.25, -0.2) is 19.3 Å². The first-order chi connectivity index (χ1) is 13.1. The number of rotatable bonds is 4. The molecule has 0 amide bonds. The van der Waals surface area contributed by atoms with Crippen molar-refractivity contribution in [3.05, 3.63) is 47.7 Å². The van der Waals surface area contributed by atoms with Crippen molar-refractivity contribution in [3.63, 3.8) is 0 Å². The number of hydrogen-bond donors (Lipinski definition) is 0. The van der Waals surface area contributed by atoms with Crippen molar-refractivity contribution in [3.8, 4) is 23.2 Å². The second-order valence-corrected chi connectivity index (χ2v) is 7.40. The third-order valence-electron chi connectivity index (χ3n) is 4.44. The second-order valence-electron chi connectivity index (χ2n) is 6.37. The van der Waals surface area contributed by atoms with Gasteiger partial charge in [-0.15, -0.1) is 11.3 Å². The van der Waals surface area contributed by atoms with Gasteiger partial charge in [0.15, 0.2) is 11.4 Å². The average molecular weight is 383 g/mol. The molecular formula is C18H12FN4O3S-. The summed E-state index contributed by atoms with van der Waals surface area (Å²) in [7, 11) is 0. The first kappa shape index (κ1) is 16.1. The van der Waals surface area contributed by atoms with Crippen LogP contribution in [0.15, 0.2) is 47.2 Å². The summed E-state index contributed by atoms with van der Waals surface area (Å²) in [5.74, 6) is 0.0500. The number of benzene rings is 1. The summed E-state index contributed by atoms with van der Waals surface area (Å²) in [6.45, 7) is 0. The number of fused-ring (bicyclic) bond motifs is 1. The van der Waals surface area contributed by atoms with E-state index in [4.69, 9.17) is 9.26 Å². The van der Waals surface area contributed by atoms with Crippen molar-refractivity contribution in [1.82, 2.24) is 20.1 Å². The summed E-state index contributed by atoms with van der Waals surface area (Å²) in [4.78, 5) is 12.7. The molecule has 3 heterocycles. The molecule has 0 spiro atoms. The molecule has 0 radical (unpaired) electrons. The minimum atomic E-state index is -1.47. The van der Waals surface area contributed by atoms with Gasteiger partial charge in [-0.1, -0.05) is 17.3 Å². The Morgan fingerprint density at radius 3 is 2.78 bits per heavy atom. The normalized spacial score (nSPS) is 21.9. The first-order valence-corrected chi connectivity index (χ1v) is 9.08. The van der Waals surface area contributed by atoms with E-state index >= 15 is 4.39 Å². The lowest BCUT2D eigenvalue weighted by atomic mass is 9.79. The molecule has 1 aliphatic carbocycles. The molecule has 1 aromatic carbocycles. The molecule has 5 rings (SSSR count). The number of ether oxygens (including phenoxy) is 1. The lowest BCUT2D eigenvalue weighted by molar-refractivity contribution is -0.277. The van der Waals surface area contributed by atoms with Crippen LogP contribution < -0.4 is 9.84 Å². The van der Waals surface area contributed by atoms with Crippen LogP contribution in [0.25, 0.3) is 21.7 Å². The number of nitrogens with zero attached hydrogens (tertiary/aromatic N) is 4. The third-order valence-corrected chi connectivity index (χ3v) is 5.65. The minimum absolute atomic E-state index is 0.220. The van der Waals surface area contributed by atoms with Gasteiger partial charge in [-0.3, -0.25) is 0 Å². The fraction of sp³-hybridized carbons (Fsp3) is 0.222. The Morgan fingerprint density at radius 2 is 2.07 bits per heavy atom. The van der Waals surface area contributed by atoms with Crippen molar-refractivity contribution in [2.45, 2.75) is 24.6 Å². The zero-order valence-corrected chi connectivity index (χ0v) is 14.6. The second kappa shape index (κ2) is 5.98. The fourth-order valence-electron chi connectivity index (χ4n) is 3.04. The topological polar surface area (TPSA) is 97.0 Å². The van der Waals surface area contributed by atoms with Crippen LogP contribution in [-0.2, 0) is 5.67 Å². The van der Waals surface area contributed by atoms with Crippen molar-refractivity contribution in [2.75, 3.05) is 0 Å². The SMILES string of the molecule is [O-]c1cc(-c2cnc(OC3CC(F)(c4nc5ccccc5s4)C3)cn2)on1.